The highest BCUT2D eigenvalue weighted by Gasteiger charge is 2.16. The summed E-state index contributed by atoms with van der Waals surface area (Å²) >= 11 is 0. The number of aryl methyl sites for hydroxylation is 1. The first kappa shape index (κ1) is 16.8. The normalized spacial score (nSPS) is 14.2. The Labute approximate surface area is 144 Å². The van der Waals surface area contributed by atoms with Crippen LogP contribution in [0.25, 0.3) is 0 Å². The Balaban J connectivity index is 1.70. The van der Waals surface area contributed by atoms with Crippen LogP contribution in [0.4, 0.5) is 17.2 Å². The number of nitro groups is 1. The van der Waals surface area contributed by atoms with Crippen LogP contribution in [-0.4, -0.2) is 42.1 Å². The number of nitro benzene ring substituents is 1. The number of benzene rings is 1. The second-order valence-corrected chi connectivity index (χ2v) is 5.71. The molecule has 1 amide bonds. The fourth-order valence-corrected chi connectivity index (χ4v) is 2.60. The van der Waals surface area contributed by atoms with Crippen molar-refractivity contribution in [2.45, 2.75) is 6.92 Å². The van der Waals surface area contributed by atoms with Gasteiger partial charge in [-0.3, -0.25) is 14.9 Å². The standard InChI is InChI=1S/C17H18N4O4/c1-12-2-3-13(10-15(12)21(23)24)17(22)19-16-5-4-14(11-18-16)20-6-8-25-9-7-20/h2-5,10-11H,6-9H2,1H3,(H,18,19,22). The van der Waals surface area contributed by atoms with Gasteiger partial charge in [-0.15, -0.1) is 0 Å². The van der Waals surface area contributed by atoms with Gasteiger partial charge < -0.3 is 15.0 Å². The molecule has 0 unspecified atom stereocenters. The van der Waals surface area contributed by atoms with Crippen LogP contribution < -0.4 is 10.2 Å². The van der Waals surface area contributed by atoms with Gasteiger partial charge in [0.05, 0.1) is 30.0 Å². The molecule has 8 nitrogen and oxygen atoms in total. The highest BCUT2D eigenvalue weighted by molar-refractivity contribution is 6.04. The third-order valence-corrected chi connectivity index (χ3v) is 4.03. The maximum atomic E-state index is 12.3. The molecule has 25 heavy (non-hydrogen) atoms. The molecule has 1 aromatic carbocycles. The van der Waals surface area contributed by atoms with Crippen molar-refractivity contribution < 1.29 is 14.5 Å². The van der Waals surface area contributed by atoms with Crippen molar-refractivity contribution in [3.8, 4) is 0 Å². The summed E-state index contributed by atoms with van der Waals surface area (Å²) in [6.07, 6.45) is 1.69. The summed E-state index contributed by atoms with van der Waals surface area (Å²) in [7, 11) is 0. The summed E-state index contributed by atoms with van der Waals surface area (Å²) in [6.45, 7) is 4.61. The fourth-order valence-electron chi connectivity index (χ4n) is 2.60. The van der Waals surface area contributed by atoms with Gasteiger partial charge in [0.15, 0.2) is 0 Å². The molecule has 3 rings (SSSR count). The summed E-state index contributed by atoms with van der Waals surface area (Å²) in [5, 5.41) is 13.6. The maximum absolute atomic E-state index is 12.3. The molecule has 0 radical (unpaired) electrons. The van der Waals surface area contributed by atoms with Crippen molar-refractivity contribution in [1.82, 2.24) is 4.98 Å². The van der Waals surface area contributed by atoms with Crippen molar-refractivity contribution in [1.29, 1.82) is 0 Å². The first-order chi connectivity index (χ1) is 12.0. The molecule has 0 atom stereocenters. The number of hydrogen-bond acceptors (Lipinski definition) is 6. The first-order valence-corrected chi connectivity index (χ1v) is 7.90. The van der Waals surface area contributed by atoms with E-state index in [1.54, 1.807) is 31.3 Å². The van der Waals surface area contributed by atoms with Gasteiger partial charge in [-0.2, -0.15) is 0 Å². The molecule has 8 heteroatoms. The highest BCUT2D eigenvalue weighted by atomic mass is 16.6. The average molecular weight is 342 g/mol. The molecule has 1 aliphatic rings. The minimum atomic E-state index is -0.499. The minimum Gasteiger partial charge on any atom is -0.378 e. The Hall–Kier alpha value is -3.00. The molecule has 0 saturated carbocycles. The van der Waals surface area contributed by atoms with E-state index in [4.69, 9.17) is 4.74 Å². The topological polar surface area (TPSA) is 97.6 Å². The predicted octanol–water partition coefficient (Wildman–Crippen LogP) is 2.39. The number of amides is 1. The Morgan fingerprint density at radius 3 is 2.68 bits per heavy atom. The molecule has 2 aromatic rings. The zero-order chi connectivity index (χ0) is 17.8. The van der Waals surface area contributed by atoms with Crippen molar-refractivity contribution in [3.63, 3.8) is 0 Å². The molecule has 1 fully saturated rings. The molecule has 1 saturated heterocycles. The van der Waals surface area contributed by atoms with Gasteiger partial charge in [0.2, 0.25) is 0 Å². The highest BCUT2D eigenvalue weighted by Crippen LogP contribution is 2.21. The predicted molar refractivity (Wildman–Crippen MR) is 93.1 cm³/mol. The zero-order valence-corrected chi connectivity index (χ0v) is 13.8. The number of nitrogens with zero attached hydrogens (tertiary/aromatic N) is 3. The number of hydrogen-bond donors (Lipinski definition) is 1. The fraction of sp³-hybridized carbons (Fsp3) is 0.294. The van der Waals surface area contributed by atoms with E-state index >= 15 is 0 Å². The summed E-state index contributed by atoms with van der Waals surface area (Å²) in [5.74, 6) is -0.0417. The lowest BCUT2D eigenvalue weighted by atomic mass is 10.1. The number of rotatable bonds is 4. The van der Waals surface area contributed by atoms with Crippen LogP contribution in [0.3, 0.4) is 0 Å². The summed E-state index contributed by atoms with van der Waals surface area (Å²) in [6, 6.07) is 7.98. The lowest BCUT2D eigenvalue weighted by Gasteiger charge is -2.28. The third-order valence-electron chi connectivity index (χ3n) is 4.03. The minimum absolute atomic E-state index is 0.0803. The van der Waals surface area contributed by atoms with Gasteiger partial charge in [0.1, 0.15) is 5.82 Å². The summed E-state index contributed by atoms with van der Waals surface area (Å²) < 4.78 is 5.31. The average Bonchev–Trinajstić information content (AvgIpc) is 2.63. The Kier molecular flexibility index (Phi) is 4.90. The van der Waals surface area contributed by atoms with Crippen LogP contribution in [0, 0.1) is 17.0 Å². The second-order valence-electron chi connectivity index (χ2n) is 5.71. The van der Waals surface area contributed by atoms with Crippen LogP contribution in [0.15, 0.2) is 36.5 Å². The molecule has 0 bridgehead atoms. The lowest BCUT2D eigenvalue weighted by molar-refractivity contribution is -0.385. The Morgan fingerprint density at radius 1 is 1.28 bits per heavy atom. The number of ether oxygens (including phenoxy) is 1. The second kappa shape index (κ2) is 7.27. The number of morpholine rings is 1. The molecular weight excluding hydrogens is 324 g/mol. The van der Waals surface area contributed by atoms with Gasteiger partial charge in [0.25, 0.3) is 11.6 Å². The summed E-state index contributed by atoms with van der Waals surface area (Å²) in [5.41, 5.74) is 1.61. The number of nitrogens with one attached hydrogen (secondary N) is 1. The van der Waals surface area contributed by atoms with Gasteiger partial charge in [-0.05, 0) is 25.1 Å². The largest absolute Gasteiger partial charge is 0.378 e. The van der Waals surface area contributed by atoms with Gasteiger partial charge in [-0.25, -0.2) is 4.98 Å². The van der Waals surface area contributed by atoms with E-state index < -0.39 is 10.8 Å². The van der Waals surface area contributed by atoms with Gasteiger partial charge >= 0.3 is 0 Å². The van der Waals surface area contributed by atoms with Gasteiger partial charge in [-0.1, -0.05) is 6.07 Å². The Bertz CT molecular complexity index is 786. The Morgan fingerprint density at radius 2 is 2.04 bits per heavy atom. The van der Waals surface area contributed by atoms with Crippen molar-refractivity contribution in [2.24, 2.45) is 0 Å². The van der Waals surface area contributed by atoms with E-state index in [2.05, 4.69) is 15.2 Å². The molecular formula is C17H18N4O4. The lowest BCUT2D eigenvalue weighted by Crippen LogP contribution is -2.36. The molecule has 2 heterocycles. The van der Waals surface area contributed by atoms with Crippen LogP contribution >= 0.6 is 0 Å². The summed E-state index contributed by atoms with van der Waals surface area (Å²) in [4.78, 5) is 29.2. The first-order valence-electron chi connectivity index (χ1n) is 7.90. The number of anilines is 2. The van der Waals surface area contributed by atoms with E-state index in [1.807, 2.05) is 6.07 Å². The van der Waals surface area contributed by atoms with E-state index in [1.165, 1.54) is 6.07 Å². The number of carbonyl (C=O) groups is 1. The third kappa shape index (κ3) is 3.92. The quantitative estimate of drug-likeness (QED) is 0.677. The van der Waals surface area contributed by atoms with Crippen molar-refractivity contribution in [2.75, 3.05) is 36.5 Å². The number of pyridine rings is 1. The zero-order valence-electron chi connectivity index (χ0n) is 13.8. The van der Waals surface area contributed by atoms with Crippen LogP contribution in [0.1, 0.15) is 15.9 Å². The smallest absolute Gasteiger partial charge is 0.273 e. The van der Waals surface area contributed by atoms with E-state index in [0.717, 1.165) is 18.8 Å². The van der Waals surface area contributed by atoms with Crippen LogP contribution in [0.5, 0.6) is 0 Å². The molecule has 0 aliphatic carbocycles. The molecule has 130 valence electrons. The van der Waals surface area contributed by atoms with Crippen LogP contribution in [-0.2, 0) is 4.74 Å². The van der Waals surface area contributed by atoms with E-state index in [0.29, 0.717) is 24.6 Å². The molecule has 1 aliphatic heterocycles. The van der Waals surface area contributed by atoms with E-state index in [-0.39, 0.29) is 11.3 Å². The SMILES string of the molecule is Cc1ccc(C(=O)Nc2ccc(N3CCOCC3)cn2)cc1[N+](=O)[O-]. The van der Waals surface area contributed by atoms with Crippen molar-refractivity contribution in [3.05, 3.63) is 57.8 Å². The van der Waals surface area contributed by atoms with Crippen LogP contribution in [0.2, 0.25) is 0 Å². The monoisotopic (exact) mass is 342 g/mol. The molecule has 0 spiro atoms. The van der Waals surface area contributed by atoms with Crippen molar-refractivity contribution >= 4 is 23.1 Å². The number of carbonyl (C=O) groups excluding carboxylic acids is 1. The van der Waals surface area contributed by atoms with Gasteiger partial charge in [0, 0.05) is 30.3 Å². The maximum Gasteiger partial charge on any atom is 0.273 e. The molecule has 1 aromatic heterocycles. The van der Waals surface area contributed by atoms with E-state index in [9.17, 15) is 14.9 Å². The molecule has 1 N–H and O–H groups in total. The number of aromatic nitrogens is 1.